The quantitative estimate of drug-likeness (QED) is 0.212. The second kappa shape index (κ2) is 12.1. The first-order valence-electron chi connectivity index (χ1n) is 13.3. The number of para-hydroxylation sites is 1. The number of aromatic nitrogens is 2. The number of ether oxygens (including phenoxy) is 2. The molecule has 1 aliphatic carbocycles. The lowest BCUT2D eigenvalue weighted by Gasteiger charge is -2.24. The van der Waals surface area contributed by atoms with Crippen LogP contribution in [-0.4, -0.2) is 45.5 Å². The first-order valence-corrected chi connectivity index (χ1v) is 14.9. The van der Waals surface area contributed by atoms with E-state index in [0.717, 1.165) is 5.56 Å². The van der Waals surface area contributed by atoms with Crippen LogP contribution in [0.15, 0.2) is 77.7 Å². The highest BCUT2D eigenvalue weighted by atomic mass is 31.2. The molecule has 41 heavy (non-hydrogen) atoms. The number of carbonyl (C=O) groups is 1. The molecular formula is C28H33N4O8P. The minimum absolute atomic E-state index is 0.0584. The lowest BCUT2D eigenvalue weighted by Crippen LogP contribution is -2.35. The van der Waals surface area contributed by atoms with Crippen LogP contribution in [0.25, 0.3) is 0 Å². The summed E-state index contributed by atoms with van der Waals surface area (Å²) in [5, 5.41) is 13.7. The van der Waals surface area contributed by atoms with Crippen molar-refractivity contribution in [2.75, 3.05) is 12.3 Å². The van der Waals surface area contributed by atoms with E-state index >= 15 is 0 Å². The first-order chi connectivity index (χ1) is 19.7. The second-order valence-corrected chi connectivity index (χ2v) is 11.9. The van der Waals surface area contributed by atoms with E-state index < -0.39 is 49.3 Å². The molecule has 2 heterocycles. The van der Waals surface area contributed by atoms with Gasteiger partial charge in [-0.25, -0.2) is 9.36 Å². The predicted molar refractivity (Wildman–Crippen MR) is 149 cm³/mol. The van der Waals surface area contributed by atoms with E-state index in [1.165, 1.54) is 23.8 Å². The third-order valence-electron chi connectivity index (χ3n) is 7.23. The SMILES string of the molecule is C[C@H](NP(=O)(OCC[C@H]1O[C@@H](n2ccc(N)nc2=O)C2(CC2)[C@@H]1O)Oc1ccccc1)C(=O)OCc1ccccc1. The maximum atomic E-state index is 13.8. The van der Waals surface area contributed by atoms with Crippen molar-refractivity contribution in [3.8, 4) is 5.75 Å². The Balaban J connectivity index is 1.23. The van der Waals surface area contributed by atoms with Crippen LogP contribution >= 0.6 is 7.75 Å². The van der Waals surface area contributed by atoms with Gasteiger partial charge in [0.2, 0.25) is 0 Å². The summed E-state index contributed by atoms with van der Waals surface area (Å²) < 4.78 is 38.0. The number of nitrogens with one attached hydrogen (secondary N) is 1. The summed E-state index contributed by atoms with van der Waals surface area (Å²) in [6, 6.07) is 18.1. The number of carbonyl (C=O) groups excluding carboxylic acids is 1. The third kappa shape index (κ3) is 6.69. The number of hydrogen-bond acceptors (Lipinski definition) is 10. The lowest BCUT2D eigenvalue weighted by atomic mass is 9.95. The van der Waals surface area contributed by atoms with Gasteiger partial charge in [-0.3, -0.25) is 13.9 Å². The van der Waals surface area contributed by atoms with Gasteiger partial charge in [-0.1, -0.05) is 48.5 Å². The van der Waals surface area contributed by atoms with Crippen LogP contribution in [0.5, 0.6) is 5.75 Å². The summed E-state index contributed by atoms with van der Waals surface area (Å²) >= 11 is 0. The molecule has 0 radical (unpaired) electrons. The molecule has 0 bridgehead atoms. The molecule has 1 aromatic heterocycles. The maximum absolute atomic E-state index is 13.8. The molecular weight excluding hydrogens is 551 g/mol. The highest BCUT2D eigenvalue weighted by molar-refractivity contribution is 7.52. The molecule has 2 fully saturated rings. The van der Waals surface area contributed by atoms with Crippen molar-refractivity contribution in [3.05, 3.63) is 89.0 Å². The van der Waals surface area contributed by atoms with Gasteiger partial charge in [-0.15, -0.1) is 0 Å². The summed E-state index contributed by atoms with van der Waals surface area (Å²) in [5.74, 6) is -0.262. The zero-order chi connectivity index (χ0) is 29.0. The average Bonchev–Trinajstić information content (AvgIpc) is 3.72. The molecule has 3 aromatic rings. The second-order valence-electron chi connectivity index (χ2n) is 10.2. The molecule has 1 saturated heterocycles. The Kier molecular flexibility index (Phi) is 8.58. The Bertz CT molecular complexity index is 1450. The Labute approximate surface area is 237 Å². The molecule has 13 heteroatoms. The molecule has 1 saturated carbocycles. The fourth-order valence-corrected chi connectivity index (χ4v) is 6.40. The molecule has 1 unspecified atom stereocenters. The minimum atomic E-state index is -4.09. The Morgan fingerprint density at radius 2 is 1.88 bits per heavy atom. The molecule has 0 amide bonds. The lowest BCUT2D eigenvalue weighted by molar-refractivity contribution is -0.146. The van der Waals surface area contributed by atoms with Crippen LogP contribution in [0, 0.1) is 5.41 Å². The van der Waals surface area contributed by atoms with E-state index in [4.69, 9.17) is 24.3 Å². The van der Waals surface area contributed by atoms with Gasteiger partial charge in [0, 0.05) is 18.0 Å². The number of aliphatic hydroxyl groups excluding tert-OH is 1. The number of rotatable bonds is 12. The highest BCUT2D eigenvalue weighted by Gasteiger charge is 2.64. The predicted octanol–water partition coefficient (Wildman–Crippen LogP) is 3.18. The molecule has 12 nitrogen and oxygen atoms in total. The van der Waals surface area contributed by atoms with Crippen molar-refractivity contribution in [1.82, 2.24) is 14.6 Å². The molecule has 2 aliphatic rings. The summed E-state index contributed by atoms with van der Waals surface area (Å²) in [6.45, 7) is 1.42. The van der Waals surface area contributed by atoms with E-state index in [-0.39, 0.29) is 31.2 Å². The van der Waals surface area contributed by atoms with Crippen LogP contribution in [-0.2, 0) is 30.0 Å². The average molecular weight is 585 g/mol. The smallest absolute Gasteiger partial charge is 0.459 e. The number of anilines is 1. The van der Waals surface area contributed by atoms with Crippen LogP contribution in [0.2, 0.25) is 0 Å². The number of hydrogen-bond donors (Lipinski definition) is 3. The topological polar surface area (TPSA) is 164 Å². The molecule has 4 N–H and O–H groups in total. The van der Waals surface area contributed by atoms with Gasteiger partial charge >= 0.3 is 19.4 Å². The molecule has 1 aliphatic heterocycles. The summed E-state index contributed by atoms with van der Waals surface area (Å²) in [6.07, 6.45) is 0.700. The van der Waals surface area contributed by atoms with Crippen LogP contribution < -0.4 is 21.0 Å². The third-order valence-corrected chi connectivity index (χ3v) is 8.91. The van der Waals surface area contributed by atoms with Gasteiger partial charge in [0.25, 0.3) is 0 Å². The van der Waals surface area contributed by atoms with Gasteiger partial charge < -0.3 is 24.8 Å². The number of esters is 1. The molecule has 5 atom stereocenters. The number of nitrogens with two attached hydrogens (primary N) is 1. The first kappa shape index (κ1) is 29.0. The van der Waals surface area contributed by atoms with E-state index in [1.807, 2.05) is 30.3 Å². The highest BCUT2D eigenvalue weighted by Crippen LogP contribution is 2.62. The van der Waals surface area contributed by atoms with Crippen molar-refractivity contribution in [2.45, 2.75) is 57.3 Å². The van der Waals surface area contributed by atoms with E-state index in [9.17, 15) is 19.3 Å². The van der Waals surface area contributed by atoms with Crippen molar-refractivity contribution in [3.63, 3.8) is 0 Å². The van der Waals surface area contributed by atoms with Gasteiger partial charge in [0.05, 0.1) is 18.8 Å². The van der Waals surface area contributed by atoms with Crippen molar-refractivity contribution in [1.29, 1.82) is 0 Å². The monoisotopic (exact) mass is 584 g/mol. The standard InChI is InChI=1S/C28H33N4O8P/c1-19(25(34)37-18-20-8-4-2-5-9-20)31-41(36,40-21-10-6-3-7-11-21)38-17-13-22-24(33)28(14-15-28)26(39-22)32-16-12-23(29)30-27(32)35/h2-12,16,19,22,24,26,33H,13-15,17-18H2,1H3,(H,31,36)(H2,29,30,35)/t19-,22+,24+,26+,41?/m0/s1. The van der Waals surface area contributed by atoms with E-state index in [1.54, 1.807) is 30.3 Å². The van der Waals surface area contributed by atoms with Gasteiger partial charge in [0.1, 0.15) is 30.4 Å². The van der Waals surface area contributed by atoms with Crippen LogP contribution in [0.3, 0.4) is 0 Å². The zero-order valence-electron chi connectivity index (χ0n) is 22.5. The zero-order valence-corrected chi connectivity index (χ0v) is 23.4. The van der Waals surface area contributed by atoms with Gasteiger partial charge in [-0.2, -0.15) is 10.1 Å². The number of nitrogen functional groups attached to an aromatic ring is 1. The number of benzene rings is 2. The maximum Gasteiger partial charge on any atom is 0.459 e. The van der Waals surface area contributed by atoms with Gasteiger partial charge in [-0.05, 0) is 43.5 Å². The normalized spacial score (nSPS) is 23.0. The van der Waals surface area contributed by atoms with Crippen molar-refractivity contribution >= 4 is 19.5 Å². The van der Waals surface area contributed by atoms with Crippen LogP contribution in [0.4, 0.5) is 5.82 Å². The van der Waals surface area contributed by atoms with Gasteiger partial charge in [0.15, 0.2) is 0 Å². The number of nitrogens with zero attached hydrogens (tertiary/aromatic N) is 2. The summed E-state index contributed by atoms with van der Waals surface area (Å²) in [4.78, 5) is 28.9. The summed E-state index contributed by atoms with van der Waals surface area (Å²) in [7, 11) is -4.09. The largest absolute Gasteiger partial charge is 0.460 e. The summed E-state index contributed by atoms with van der Waals surface area (Å²) in [5.41, 5.74) is 5.24. The van der Waals surface area contributed by atoms with Crippen molar-refractivity contribution < 1.29 is 33.0 Å². The molecule has 218 valence electrons. The molecule has 5 rings (SSSR count). The Morgan fingerprint density at radius 3 is 2.54 bits per heavy atom. The Morgan fingerprint density at radius 1 is 1.20 bits per heavy atom. The Hall–Kier alpha value is -3.54. The molecule has 1 spiro atoms. The van der Waals surface area contributed by atoms with E-state index in [0.29, 0.717) is 12.8 Å². The molecule has 2 aromatic carbocycles. The van der Waals surface area contributed by atoms with Crippen LogP contribution in [0.1, 0.15) is 38.0 Å². The number of aliphatic hydroxyl groups is 1. The van der Waals surface area contributed by atoms with E-state index in [2.05, 4.69) is 10.1 Å². The minimum Gasteiger partial charge on any atom is -0.460 e. The van der Waals surface area contributed by atoms with Crippen molar-refractivity contribution in [2.24, 2.45) is 5.41 Å². The fraction of sp³-hybridized carbons (Fsp3) is 0.393. The fourth-order valence-electron chi connectivity index (χ4n) is 4.89.